The number of aromatic nitrogens is 1. The summed E-state index contributed by atoms with van der Waals surface area (Å²) in [6, 6.07) is 0.915. The van der Waals surface area contributed by atoms with Crippen LogP contribution in [0.25, 0.3) is 6.20 Å². The number of unbranched alkanes of at least 4 members (excludes halogenated alkanes) is 14. The lowest BCUT2D eigenvalue weighted by molar-refractivity contribution is 0.100. The van der Waals surface area contributed by atoms with Crippen LogP contribution in [-0.4, -0.2) is 20.6 Å². The van der Waals surface area contributed by atoms with E-state index in [2.05, 4.69) is 6.92 Å². The number of rotatable bonds is 17. The second-order valence-corrected chi connectivity index (χ2v) is 8.26. The number of nitrogens with zero attached hydrogens (tertiary/aromatic N) is 1. The smallest absolute Gasteiger partial charge is 0.227 e. The van der Waals surface area contributed by atoms with Gasteiger partial charge in [0, 0.05) is 13.1 Å². The van der Waals surface area contributed by atoms with Gasteiger partial charge in [0.2, 0.25) is 5.43 Å². The second kappa shape index (κ2) is 15.8. The maximum absolute atomic E-state index is 11.7. The fraction of sp³-hybridized carbons (Fsp3) is 0.680. The summed E-state index contributed by atoms with van der Waals surface area (Å²) >= 11 is 0. The van der Waals surface area contributed by atoms with Gasteiger partial charge in [0.1, 0.15) is 5.69 Å². The van der Waals surface area contributed by atoms with Crippen molar-refractivity contribution in [3.8, 4) is 11.6 Å². The molecule has 1 rings (SSSR count). The van der Waals surface area contributed by atoms with Gasteiger partial charge >= 0.3 is 0 Å². The van der Waals surface area contributed by atoms with Crippen LogP contribution in [0.15, 0.2) is 16.9 Å². The molecule has 0 radical (unpaired) electrons. The molecule has 0 unspecified atom stereocenters. The van der Waals surface area contributed by atoms with Gasteiger partial charge in [-0.25, -0.2) is 0 Å². The lowest BCUT2D eigenvalue weighted by atomic mass is 10.0. The molecule has 1 aromatic heterocycles. The number of ketones is 1. The topological polar surface area (TPSA) is 79.5 Å². The zero-order valence-electron chi connectivity index (χ0n) is 19.0. The van der Waals surface area contributed by atoms with Crippen molar-refractivity contribution in [2.24, 2.45) is 0 Å². The molecule has 0 amide bonds. The van der Waals surface area contributed by atoms with Crippen molar-refractivity contribution in [1.29, 1.82) is 0 Å². The van der Waals surface area contributed by atoms with Crippen molar-refractivity contribution >= 4 is 12.0 Å². The third kappa shape index (κ3) is 10.1. The summed E-state index contributed by atoms with van der Waals surface area (Å²) in [4.78, 5) is 23.2. The van der Waals surface area contributed by atoms with Gasteiger partial charge in [0.05, 0.1) is 6.07 Å². The normalized spacial score (nSPS) is 11.4. The van der Waals surface area contributed by atoms with Gasteiger partial charge in [0.25, 0.3) is 0 Å². The van der Waals surface area contributed by atoms with E-state index in [0.717, 1.165) is 25.3 Å². The first-order valence-electron chi connectivity index (χ1n) is 11.8. The largest absolute Gasteiger partial charge is 0.503 e. The minimum atomic E-state index is -0.755. The standard InChI is InChI=1S/C25H41NO4/c1-3-4-5-6-7-8-9-10-11-12-13-14-15-16-17-18-19-26-23(29)20-22(28)25(30)24(26)21(2)27/h18-20,29-30H,3-17H2,1-2H3. The summed E-state index contributed by atoms with van der Waals surface area (Å²) in [5.74, 6) is -1.44. The number of hydrogen-bond donors (Lipinski definition) is 2. The van der Waals surface area contributed by atoms with Gasteiger partial charge in [-0.3, -0.25) is 14.2 Å². The van der Waals surface area contributed by atoms with Gasteiger partial charge in [-0.15, -0.1) is 0 Å². The van der Waals surface area contributed by atoms with E-state index < -0.39 is 17.0 Å². The van der Waals surface area contributed by atoms with Crippen LogP contribution in [0.1, 0.15) is 121 Å². The maximum atomic E-state index is 11.7. The molecule has 1 heterocycles. The van der Waals surface area contributed by atoms with E-state index in [1.54, 1.807) is 6.20 Å². The van der Waals surface area contributed by atoms with Crippen molar-refractivity contribution in [1.82, 2.24) is 4.57 Å². The molecule has 0 aliphatic heterocycles. The van der Waals surface area contributed by atoms with Gasteiger partial charge in [0.15, 0.2) is 17.4 Å². The monoisotopic (exact) mass is 419 g/mol. The van der Waals surface area contributed by atoms with Crippen LogP contribution in [0.3, 0.4) is 0 Å². The Hall–Kier alpha value is -2.04. The predicted octanol–water partition coefficient (Wildman–Crippen LogP) is 6.80. The van der Waals surface area contributed by atoms with Crippen molar-refractivity contribution in [3.63, 3.8) is 0 Å². The summed E-state index contributed by atoms with van der Waals surface area (Å²) in [7, 11) is 0. The predicted molar refractivity (Wildman–Crippen MR) is 124 cm³/mol. The minimum Gasteiger partial charge on any atom is -0.503 e. The Bertz CT molecular complexity index is 706. The van der Waals surface area contributed by atoms with Crippen LogP contribution < -0.4 is 5.43 Å². The summed E-state index contributed by atoms with van der Waals surface area (Å²) in [6.07, 6.45) is 22.6. The molecule has 5 heteroatoms. The molecule has 170 valence electrons. The van der Waals surface area contributed by atoms with Crippen molar-refractivity contribution < 1.29 is 15.0 Å². The number of carbonyl (C=O) groups is 1. The maximum Gasteiger partial charge on any atom is 0.227 e. The summed E-state index contributed by atoms with van der Waals surface area (Å²) in [5, 5.41) is 19.7. The first-order chi connectivity index (χ1) is 14.5. The molecule has 0 bridgehead atoms. The average molecular weight is 420 g/mol. The molecule has 5 nitrogen and oxygen atoms in total. The molecule has 30 heavy (non-hydrogen) atoms. The first-order valence-corrected chi connectivity index (χ1v) is 11.8. The van der Waals surface area contributed by atoms with E-state index >= 15 is 0 Å². The Labute approximate surface area is 181 Å². The number of Topliss-reactive ketones (excluding diaryl/α,β-unsaturated/α-hetero) is 1. The molecule has 2 N–H and O–H groups in total. The minimum absolute atomic E-state index is 0.183. The molecule has 0 fully saturated rings. The van der Waals surface area contributed by atoms with Crippen LogP contribution in [0.5, 0.6) is 11.6 Å². The quantitative estimate of drug-likeness (QED) is 0.215. The van der Waals surface area contributed by atoms with Gasteiger partial charge in [-0.05, 0) is 12.8 Å². The van der Waals surface area contributed by atoms with Crippen LogP contribution in [-0.2, 0) is 0 Å². The van der Waals surface area contributed by atoms with E-state index in [0.29, 0.717) is 0 Å². The summed E-state index contributed by atoms with van der Waals surface area (Å²) < 4.78 is 1.17. The molecular weight excluding hydrogens is 378 g/mol. The molecule has 0 spiro atoms. The molecule has 0 aromatic carbocycles. The lowest BCUT2D eigenvalue weighted by Crippen LogP contribution is -2.13. The number of pyridine rings is 1. The van der Waals surface area contributed by atoms with Crippen molar-refractivity contribution in [3.05, 3.63) is 28.1 Å². The zero-order chi connectivity index (χ0) is 22.2. The highest BCUT2D eigenvalue weighted by molar-refractivity contribution is 5.95. The molecule has 0 aliphatic rings. The van der Waals surface area contributed by atoms with E-state index in [1.807, 2.05) is 6.08 Å². The van der Waals surface area contributed by atoms with E-state index in [9.17, 15) is 19.8 Å². The van der Waals surface area contributed by atoms with Gasteiger partial charge in [-0.1, -0.05) is 96.5 Å². The Morgan fingerprint density at radius 2 is 1.33 bits per heavy atom. The molecule has 0 saturated heterocycles. The van der Waals surface area contributed by atoms with Crippen molar-refractivity contribution in [2.45, 2.75) is 110 Å². The van der Waals surface area contributed by atoms with Gasteiger partial charge < -0.3 is 10.2 Å². The van der Waals surface area contributed by atoms with E-state index in [1.165, 1.54) is 88.5 Å². The number of aromatic hydroxyl groups is 2. The van der Waals surface area contributed by atoms with Crippen LogP contribution in [0, 0.1) is 0 Å². The molecule has 0 atom stereocenters. The third-order valence-electron chi connectivity index (χ3n) is 5.52. The molecule has 0 saturated carbocycles. The highest BCUT2D eigenvalue weighted by Gasteiger charge is 2.16. The highest BCUT2D eigenvalue weighted by atomic mass is 16.3. The number of carbonyl (C=O) groups excluding carboxylic acids is 1. The number of hydrogen-bond acceptors (Lipinski definition) is 4. The Morgan fingerprint density at radius 3 is 1.80 bits per heavy atom. The van der Waals surface area contributed by atoms with E-state index in [-0.39, 0.29) is 11.6 Å². The van der Waals surface area contributed by atoms with Crippen LogP contribution >= 0.6 is 0 Å². The fourth-order valence-electron chi connectivity index (χ4n) is 3.72. The number of allylic oxidation sites excluding steroid dienone is 1. The zero-order valence-corrected chi connectivity index (χ0v) is 19.0. The van der Waals surface area contributed by atoms with Crippen molar-refractivity contribution in [2.75, 3.05) is 0 Å². The summed E-state index contributed by atoms with van der Waals surface area (Å²) in [5.41, 5.74) is -0.938. The second-order valence-electron chi connectivity index (χ2n) is 8.26. The molecular formula is C25H41NO4. The van der Waals surface area contributed by atoms with Gasteiger partial charge in [-0.2, -0.15) is 0 Å². The Kier molecular flexibility index (Phi) is 13.7. The Balaban J connectivity index is 2.13. The van der Waals surface area contributed by atoms with E-state index in [4.69, 9.17) is 0 Å². The lowest BCUT2D eigenvalue weighted by Gasteiger charge is -2.10. The average Bonchev–Trinajstić information content (AvgIpc) is 2.70. The third-order valence-corrected chi connectivity index (χ3v) is 5.52. The summed E-state index contributed by atoms with van der Waals surface area (Å²) in [6.45, 7) is 3.51. The highest BCUT2D eigenvalue weighted by Crippen LogP contribution is 2.20. The van der Waals surface area contributed by atoms with Crippen LogP contribution in [0.4, 0.5) is 0 Å². The van der Waals surface area contributed by atoms with Crippen LogP contribution in [0.2, 0.25) is 0 Å². The first kappa shape index (κ1) is 26.0. The SMILES string of the molecule is CCCCCCCCCCCCCCCCC=Cn1c(O)cc(=O)c(O)c1C(C)=O. The molecule has 1 aromatic rings. The fourth-order valence-corrected chi connectivity index (χ4v) is 3.72. The molecule has 0 aliphatic carbocycles. The Morgan fingerprint density at radius 1 is 0.867 bits per heavy atom.